The number of benzene rings is 2. The maximum absolute atomic E-state index is 11.3. The van der Waals surface area contributed by atoms with Gasteiger partial charge in [0.05, 0.1) is 11.4 Å². The molecule has 2 aromatic carbocycles. The summed E-state index contributed by atoms with van der Waals surface area (Å²) in [6.07, 6.45) is 4.41. The molecule has 2 aliphatic rings. The zero-order valence-corrected chi connectivity index (χ0v) is 18.3. The maximum atomic E-state index is 11.3. The van der Waals surface area contributed by atoms with Crippen molar-refractivity contribution in [3.8, 4) is 28.4 Å². The van der Waals surface area contributed by atoms with Gasteiger partial charge >= 0.3 is 0 Å². The molecule has 1 fully saturated rings. The Morgan fingerprint density at radius 3 is 2.84 bits per heavy atom. The molecule has 0 radical (unpaired) electrons. The minimum Gasteiger partial charge on any atom is -0.454 e. The number of carbonyl (C=O) groups is 1. The topological polar surface area (TPSA) is 68.6 Å². The number of amides is 1. The standard InChI is InChI=1S/C25H28N4O3/c1-18(30)26-13-19-6-5-11-28(14-19)15-21-16-29(22-7-3-2-4-8-22)27-25(21)20-9-10-23-24(12-20)32-17-31-23/h2-4,7-10,12,16,19H,5-6,11,13-15,17H2,1H3,(H,26,30)/t19-/m0/s1. The number of aromatic nitrogens is 2. The summed E-state index contributed by atoms with van der Waals surface area (Å²) in [5, 5.41) is 7.94. The van der Waals surface area contributed by atoms with Crippen molar-refractivity contribution in [3.05, 3.63) is 60.3 Å². The Bertz CT molecular complexity index is 1100. The normalized spacial score (nSPS) is 18.0. The van der Waals surface area contributed by atoms with Crippen LogP contribution < -0.4 is 14.8 Å². The van der Waals surface area contributed by atoms with Crippen LogP contribution in [0.1, 0.15) is 25.3 Å². The lowest BCUT2D eigenvalue weighted by Gasteiger charge is -2.32. The van der Waals surface area contributed by atoms with Crippen LogP contribution in [0, 0.1) is 5.92 Å². The Kier molecular flexibility index (Phi) is 5.81. The first-order valence-electron chi connectivity index (χ1n) is 11.2. The molecular weight excluding hydrogens is 404 g/mol. The van der Waals surface area contributed by atoms with Crippen molar-refractivity contribution < 1.29 is 14.3 Å². The summed E-state index contributed by atoms with van der Waals surface area (Å²) in [5.74, 6) is 2.05. The molecule has 0 spiro atoms. The highest BCUT2D eigenvalue weighted by atomic mass is 16.7. The number of carbonyl (C=O) groups excluding carboxylic acids is 1. The number of ether oxygens (including phenoxy) is 2. The number of likely N-dealkylation sites (tertiary alicyclic amines) is 1. The van der Waals surface area contributed by atoms with Crippen molar-refractivity contribution in [3.63, 3.8) is 0 Å². The summed E-state index contributed by atoms with van der Waals surface area (Å²) in [5.41, 5.74) is 4.18. The van der Waals surface area contributed by atoms with E-state index in [0.717, 1.165) is 67.5 Å². The highest BCUT2D eigenvalue weighted by molar-refractivity contribution is 5.72. The van der Waals surface area contributed by atoms with Crippen LogP contribution >= 0.6 is 0 Å². The zero-order valence-electron chi connectivity index (χ0n) is 18.3. The highest BCUT2D eigenvalue weighted by Crippen LogP contribution is 2.37. The summed E-state index contributed by atoms with van der Waals surface area (Å²) in [4.78, 5) is 13.8. The average Bonchev–Trinajstić information content (AvgIpc) is 3.45. The van der Waals surface area contributed by atoms with E-state index in [4.69, 9.17) is 14.6 Å². The molecule has 3 heterocycles. The van der Waals surface area contributed by atoms with Crippen molar-refractivity contribution >= 4 is 5.91 Å². The molecule has 1 N–H and O–H groups in total. The molecule has 2 aliphatic heterocycles. The van der Waals surface area contributed by atoms with Gasteiger partial charge in [-0.05, 0) is 55.6 Å². The van der Waals surface area contributed by atoms with Crippen molar-refractivity contribution in [1.29, 1.82) is 0 Å². The number of fused-ring (bicyclic) bond motifs is 1. The Labute approximate surface area is 187 Å². The zero-order chi connectivity index (χ0) is 21.9. The van der Waals surface area contributed by atoms with E-state index in [9.17, 15) is 4.79 Å². The molecule has 1 atom stereocenters. The quantitative estimate of drug-likeness (QED) is 0.644. The van der Waals surface area contributed by atoms with E-state index in [1.54, 1.807) is 6.92 Å². The van der Waals surface area contributed by atoms with Crippen LogP contribution in [0.4, 0.5) is 0 Å². The third-order valence-electron chi connectivity index (χ3n) is 6.09. The predicted octanol–water partition coefficient (Wildman–Crippen LogP) is 3.62. The van der Waals surface area contributed by atoms with Crippen molar-refractivity contribution in [2.45, 2.75) is 26.3 Å². The molecule has 7 heteroatoms. The number of piperidine rings is 1. The van der Waals surface area contributed by atoms with Gasteiger partial charge in [-0.15, -0.1) is 0 Å². The molecule has 3 aromatic rings. The fraction of sp³-hybridized carbons (Fsp3) is 0.360. The highest BCUT2D eigenvalue weighted by Gasteiger charge is 2.23. The van der Waals surface area contributed by atoms with Crippen molar-refractivity contribution in [2.75, 3.05) is 26.4 Å². The Hall–Kier alpha value is -3.32. The number of para-hydroxylation sites is 1. The van der Waals surface area contributed by atoms with E-state index in [-0.39, 0.29) is 12.7 Å². The fourth-order valence-corrected chi connectivity index (χ4v) is 4.52. The van der Waals surface area contributed by atoms with Gasteiger partial charge in [-0.3, -0.25) is 9.69 Å². The van der Waals surface area contributed by atoms with Crippen LogP contribution in [0.2, 0.25) is 0 Å². The summed E-state index contributed by atoms with van der Waals surface area (Å²) in [6, 6.07) is 16.2. The fourth-order valence-electron chi connectivity index (χ4n) is 4.52. The van der Waals surface area contributed by atoms with Crippen LogP contribution in [0.15, 0.2) is 54.7 Å². The second kappa shape index (κ2) is 9.04. The van der Waals surface area contributed by atoms with Gasteiger partial charge in [0, 0.05) is 43.9 Å². The van der Waals surface area contributed by atoms with E-state index in [1.165, 1.54) is 5.56 Å². The van der Waals surface area contributed by atoms with E-state index in [2.05, 4.69) is 28.5 Å². The van der Waals surface area contributed by atoms with E-state index in [0.29, 0.717) is 5.92 Å². The monoisotopic (exact) mass is 432 g/mol. The van der Waals surface area contributed by atoms with Crippen LogP contribution in [-0.2, 0) is 11.3 Å². The number of nitrogens with zero attached hydrogens (tertiary/aromatic N) is 3. The summed E-state index contributed by atoms with van der Waals surface area (Å²) in [6.45, 7) is 5.41. The third kappa shape index (κ3) is 4.48. The summed E-state index contributed by atoms with van der Waals surface area (Å²) < 4.78 is 13.0. The van der Waals surface area contributed by atoms with Gasteiger partial charge in [0.1, 0.15) is 0 Å². The Morgan fingerprint density at radius 2 is 2.00 bits per heavy atom. The van der Waals surface area contributed by atoms with E-state index >= 15 is 0 Å². The average molecular weight is 433 g/mol. The molecule has 0 unspecified atom stereocenters. The third-order valence-corrected chi connectivity index (χ3v) is 6.09. The number of hydrogen-bond acceptors (Lipinski definition) is 5. The van der Waals surface area contributed by atoms with Crippen LogP contribution in [-0.4, -0.2) is 47.0 Å². The number of rotatable bonds is 6. The molecule has 166 valence electrons. The lowest BCUT2D eigenvalue weighted by atomic mass is 9.97. The van der Waals surface area contributed by atoms with Gasteiger partial charge < -0.3 is 14.8 Å². The summed E-state index contributed by atoms with van der Waals surface area (Å²) >= 11 is 0. The first-order valence-corrected chi connectivity index (χ1v) is 11.2. The first-order chi connectivity index (χ1) is 15.7. The van der Waals surface area contributed by atoms with Crippen LogP contribution in [0.5, 0.6) is 11.5 Å². The minimum absolute atomic E-state index is 0.0383. The Balaban J connectivity index is 1.43. The van der Waals surface area contributed by atoms with Crippen molar-refractivity contribution in [2.24, 2.45) is 5.92 Å². The van der Waals surface area contributed by atoms with Crippen molar-refractivity contribution in [1.82, 2.24) is 20.0 Å². The van der Waals surface area contributed by atoms with E-state index in [1.807, 2.05) is 41.1 Å². The molecule has 32 heavy (non-hydrogen) atoms. The molecular formula is C25H28N4O3. The largest absolute Gasteiger partial charge is 0.454 e. The number of nitrogens with one attached hydrogen (secondary N) is 1. The van der Waals surface area contributed by atoms with Crippen LogP contribution in [0.25, 0.3) is 16.9 Å². The van der Waals surface area contributed by atoms with Gasteiger partial charge in [0.2, 0.25) is 12.7 Å². The second-order valence-corrected chi connectivity index (χ2v) is 8.53. The van der Waals surface area contributed by atoms with Gasteiger partial charge in [-0.1, -0.05) is 18.2 Å². The molecule has 1 saturated heterocycles. The smallest absolute Gasteiger partial charge is 0.231 e. The molecule has 0 saturated carbocycles. The van der Waals surface area contributed by atoms with Gasteiger partial charge in [0.15, 0.2) is 11.5 Å². The van der Waals surface area contributed by atoms with E-state index < -0.39 is 0 Å². The first kappa shape index (κ1) is 20.6. The van der Waals surface area contributed by atoms with Crippen LogP contribution in [0.3, 0.4) is 0 Å². The van der Waals surface area contributed by atoms with Gasteiger partial charge in [-0.2, -0.15) is 5.10 Å². The van der Waals surface area contributed by atoms with Gasteiger partial charge in [0.25, 0.3) is 0 Å². The lowest BCUT2D eigenvalue weighted by Crippen LogP contribution is -2.40. The molecule has 1 amide bonds. The SMILES string of the molecule is CC(=O)NC[C@@H]1CCCN(Cc2cn(-c3ccccc3)nc2-c2ccc3c(c2)OCO3)C1. The maximum Gasteiger partial charge on any atom is 0.231 e. The second-order valence-electron chi connectivity index (χ2n) is 8.53. The van der Waals surface area contributed by atoms with Gasteiger partial charge in [-0.25, -0.2) is 4.68 Å². The lowest BCUT2D eigenvalue weighted by molar-refractivity contribution is -0.119. The predicted molar refractivity (Wildman–Crippen MR) is 122 cm³/mol. The Morgan fingerprint density at radius 1 is 1.16 bits per heavy atom. The molecule has 1 aromatic heterocycles. The molecule has 0 bridgehead atoms. The minimum atomic E-state index is 0.0383. The molecule has 5 rings (SSSR count). The number of hydrogen-bond donors (Lipinski definition) is 1. The summed E-state index contributed by atoms with van der Waals surface area (Å²) in [7, 11) is 0. The molecule has 7 nitrogen and oxygen atoms in total. The molecule has 0 aliphatic carbocycles.